The third kappa shape index (κ3) is 2.75. The van der Waals surface area contributed by atoms with Crippen LogP contribution >= 0.6 is 0 Å². The molecule has 1 aromatic carbocycles. The van der Waals surface area contributed by atoms with Gasteiger partial charge in [0.15, 0.2) is 0 Å². The summed E-state index contributed by atoms with van der Waals surface area (Å²) in [7, 11) is 0. The molecule has 0 spiro atoms. The zero-order valence-corrected chi connectivity index (χ0v) is 12.2. The van der Waals surface area contributed by atoms with Crippen LogP contribution in [0.15, 0.2) is 12.1 Å². The van der Waals surface area contributed by atoms with E-state index in [1.54, 1.807) is 6.07 Å². The SMILES string of the molecule is Cc1cc(NC(=O)C2CCCC2(C)C)c(C)cc1O. The van der Waals surface area contributed by atoms with Crippen LogP contribution in [0.3, 0.4) is 0 Å². The molecule has 19 heavy (non-hydrogen) atoms. The molecule has 2 N–H and O–H groups in total. The van der Waals surface area contributed by atoms with Gasteiger partial charge in [-0.15, -0.1) is 0 Å². The molecule has 1 atom stereocenters. The molecule has 1 amide bonds. The van der Waals surface area contributed by atoms with Gasteiger partial charge in [0, 0.05) is 11.6 Å². The summed E-state index contributed by atoms with van der Waals surface area (Å²) in [6.45, 7) is 8.07. The summed E-state index contributed by atoms with van der Waals surface area (Å²) < 4.78 is 0. The van der Waals surface area contributed by atoms with Crippen molar-refractivity contribution in [1.29, 1.82) is 0 Å². The lowest BCUT2D eigenvalue weighted by Gasteiger charge is -2.26. The van der Waals surface area contributed by atoms with Gasteiger partial charge in [-0.2, -0.15) is 0 Å². The highest BCUT2D eigenvalue weighted by molar-refractivity contribution is 5.94. The van der Waals surface area contributed by atoms with E-state index in [0.717, 1.165) is 36.1 Å². The average molecular weight is 261 g/mol. The number of hydrogen-bond donors (Lipinski definition) is 2. The van der Waals surface area contributed by atoms with Gasteiger partial charge in [-0.25, -0.2) is 0 Å². The minimum Gasteiger partial charge on any atom is -0.508 e. The molecule has 0 aromatic heterocycles. The molecule has 1 aromatic rings. The van der Waals surface area contributed by atoms with Gasteiger partial charge in [0.1, 0.15) is 5.75 Å². The summed E-state index contributed by atoms with van der Waals surface area (Å²) in [5, 5.41) is 12.7. The minimum absolute atomic E-state index is 0.0843. The molecule has 0 heterocycles. The molecule has 0 aliphatic heterocycles. The van der Waals surface area contributed by atoms with Gasteiger partial charge in [-0.3, -0.25) is 4.79 Å². The molecular weight excluding hydrogens is 238 g/mol. The topological polar surface area (TPSA) is 49.3 Å². The van der Waals surface area contributed by atoms with Crippen molar-refractivity contribution in [3.63, 3.8) is 0 Å². The largest absolute Gasteiger partial charge is 0.508 e. The van der Waals surface area contributed by atoms with Crippen LogP contribution in [0.2, 0.25) is 0 Å². The number of anilines is 1. The predicted molar refractivity (Wildman–Crippen MR) is 77.3 cm³/mol. The maximum Gasteiger partial charge on any atom is 0.228 e. The smallest absolute Gasteiger partial charge is 0.228 e. The molecule has 1 saturated carbocycles. The third-order valence-corrected chi connectivity index (χ3v) is 4.37. The van der Waals surface area contributed by atoms with Crippen molar-refractivity contribution in [1.82, 2.24) is 0 Å². The summed E-state index contributed by atoms with van der Waals surface area (Å²) in [5.74, 6) is 0.466. The van der Waals surface area contributed by atoms with Crippen molar-refractivity contribution in [3.05, 3.63) is 23.3 Å². The number of carbonyl (C=O) groups excluding carboxylic acids is 1. The summed E-state index contributed by atoms with van der Waals surface area (Å²) >= 11 is 0. The Hall–Kier alpha value is -1.51. The standard InChI is InChI=1S/C16H23NO2/c1-10-9-14(18)11(2)8-13(10)17-15(19)12-6-5-7-16(12,3)4/h8-9,12,18H,5-7H2,1-4H3,(H,17,19). The number of hydrogen-bond acceptors (Lipinski definition) is 2. The van der Waals surface area contributed by atoms with E-state index in [1.807, 2.05) is 19.9 Å². The van der Waals surface area contributed by atoms with Crippen molar-refractivity contribution in [2.75, 3.05) is 5.32 Å². The number of nitrogens with one attached hydrogen (secondary N) is 1. The minimum atomic E-state index is 0.0843. The zero-order chi connectivity index (χ0) is 14.2. The Morgan fingerprint density at radius 2 is 2.00 bits per heavy atom. The second-order valence-electron chi connectivity index (χ2n) is 6.38. The van der Waals surface area contributed by atoms with Crippen LogP contribution in [0.1, 0.15) is 44.2 Å². The number of carbonyl (C=O) groups is 1. The highest BCUT2D eigenvalue weighted by Gasteiger charge is 2.39. The van der Waals surface area contributed by atoms with E-state index < -0.39 is 0 Å². The number of rotatable bonds is 2. The Morgan fingerprint density at radius 1 is 1.32 bits per heavy atom. The van der Waals surface area contributed by atoms with Crippen LogP contribution in [-0.2, 0) is 4.79 Å². The fourth-order valence-electron chi connectivity index (χ4n) is 2.97. The molecule has 1 aliphatic rings. The molecule has 3 heteroatoms. The second kappa shape index (κ2) is 4.87. The predicted octanol–water partition coefficient (Wildman–Crippen LogP) is 3.77. The quantitative estimate of drug-likeness (QED) is 0.796. The maximum atomic E-state index is 12.4. The van der Waals surface area contributed by atoms with Gasteiger partial charge in [0.2, 0.25) is 5.91 Å². The number of aryl methyl sites for hydroxylation is 2. The Morgan fingerprint density at radius 3 is 2.58 bits per heavy atom. The lowest BCUT2D eigenvalue weighted by atomic mass is 9.81. The van der Waals surface area contributed by atoms with E-state index in [4.69, 9.17) is 0 Å². The molecule has 1 unspecified atom stereocenters. The molecule has 2 rings (SSSR count). The first kappa shape index (κ1) is 13.9. The molecule has 104 valence electrons. The fourth-order valence-corrected chi connectivity index (χ4v) is 2.97. The van der Waals surface area contributed by atoms with Crippen LogP contribution < -0.4 is 5.32 Å². The van der Waals surface area contributed by atoms with Crippen molar-refractivity contribution < 1.29 is 9.90 Å². The van der Waals surface area contributed by atoms with Crippen LogP contribution in [0.25, 0.3) is 0 Å². The Balaban J connectivity index is 2.18. The third-order valence-electron chi connectivity index (χ3n) is 4.37. The number of aromatic hydroxyl groups is 1. The first-order chi connectivity index (χ1) is 8.81. The van der Waals surface area contributed by atoms with Gasteiger partial charge >= 0.3 is 0 Å². The van der Waals surface area contributed by atoms with Crippen LogP contribution in [0.4, 0.5) is 5.69 Å². The lowest BCUT2D eigenvalue weighted by molar-refractivity contribution is -0.122. The normalized spacial score (nSPS) is 21.4. The molecule has 3 nitrogen and oxygen atoms in total. The monoisotopic (exact) mass is 261 g/mol. The van der Waals surface area contributed by atoms with Crippen molar-refractivity contribution in [2.24, 2.45) is 11.3 Å². The van der Waals surface area contributed by atoms with Gasteiger partial charge in [0.05, 0.1) is 0 Å². The Labute approximate surface area is 115 Å². The van der Waals surface area contributed by atoms with E-state index in [9.17, 15) is 9.90 Å². The highest BCUT2D eigenvalue weighted by atomic mass is 16.3. The molecule has 0 saturated heterocycles. The molecule has 0 radical (unpaired) electrons. The Bertz CT molecular complexity index is 506. The first-order valence-electron chi connectivity index (χ1n) is 6.92. The van der Waals surface area contributed by atoms with Gasteiger partial charge < -0.3 is 10.4 Å². The van der Waals surface area contributed by atoms with Crippen molar-refractivity contribution >= 4 is 11.6 Å². The first-order valence-corrected chi connectivity index (χ1v) is 6.92. The molecule has 1 aliphatic carbocycles. The maximum absolute atomic E-state index is 12.4. The average Bonchev–Trinajstić information content (AvgIpc) is 2.65. The Kier molecular flexibility index (Phi) is 3.57. The van der Waals surface area contributed by atoms with E-state index in [-0.39, 0.29) is 23.0 Å². The van der Waals surface area contributed by atoms with E-state index >= 15 is 0 Å². The van der Waals surface area contributed by atoms with Gasteiger partial charge in [0.25, 0.3) is 0 Å². The summed E-state index contributed by atoms with van der Waals surface area (Å²) in [6.07, 6.45) is 3.20. The lowest BCUT2D eigenvalue weighted by Crippen LogP contribution is -2.31. The zero-order valence-electron chi connectivity index (χ0n) is 12.2. The van der Waals surface area contributed by atoms with E-state index in [2.05, 4.69) is 19.2 Å². The molecular formula is C16H23NO2. The van der Waals surface area contributed by atoms with E-state index in [0.29, 0.717) is 0 Å². The number of benzene rings is 1. The van der Waals surface area contributed by atoms with Crippen molar-refractivity contribution in [2.45, 2.75) is 47.0 Å². The van der Waals surface area contributed by atoms with Gasteiger partial charge in [-0.05, 0) is 55.4 Å². The van der Waals surface area contributed by atoms with Gasteiger partial charge in [-0.1, -0.05) is 20.3 Å². The summed E-state index contributed by atoms with van der Waals surface area (Å²) in [6, 6.07) is 3.54. The summed E-state index contributed by atoms with van der Waals surface area (Å²) in [5.41, 5.74) is 2.58. The van der Waals surface area contributed by atoms with Crippen LogP contribution in [-0.4, -0.2) is 11.0 Å². The highest BCUT2D eigenvalue weighted by Crippen LogP contribution is 2.43. The van der Waals surface area contributed by atoms with Crippen LogP contribution in [0.5, 0.6) is 5.75 Å². The number of phenolic OH excluding ortho intramolecular Hbond substituents is 1. The second-order valence-corrected chi connectivity index (χ2v) is 6.38. The summed E-state index contributed by atoms with van der Waals surface area (Å²) in [4.78, 5) is 12.4. The number of phenols is 1. The van der Waals surface area contributed by atoms with Crippen LogP contribution in [0, 0.1) is 25.2 Å². The fraction of sp³-hybridized carbons (Fsp3) is 0.562. The molecule has 1 fully saturated rings. The molecule has 0 bridgehead atoms. The number of amides is 1. The van der Waals surface area contributed by atoms with Crippen molar-refractivity contribution in [3.8, 4) is 5.75 Å². The van der Waals surface area contributed by atoms with E-state index in [1.165, 1.54) is 0 Å².